The number of hydrogen-bond donors (Lipinski definition) is 0. The molecule has 208 valence electrons. The van der Waals surface area contributed by atoms with Crippen LogP contribution in [0.5, 0.6) is 5.75 Å². The summed E-state index contributed by atoms with van der Waals surface area (Å²) in [5.74, 6) is -1.55. The van der Waals surface area contributed by atoms with E-state index in [0.29, 0.717) is 22.9 Å². The number of nitrogens with zero attached hydrogens (tertiary/aromatic N) is 4. The molecule has 3 aromatic rings. The maximum atomic E-state index is 14.4. The number of rotatable bonds is 10. The third-order valence-corrected chi connectivity index (χ3v) is 7.60. The summed E-state index contributed by atoms with van der Waals surface area (Å²) in [5, 5.41) is 17.6. The lowest BCUT2D eigenvalue weighted by Gasteiger charge is -2.27. The van der Waals surface area contributed by atoms with E-state index in [1.54, 1.807) is 0 Å². The molecule has 39 heavy (non-hydrogen) atoms. The molecule has 1 atom stereocenters. The van der Waals surface area contributed by atoms with Crippen molar-refractivity contribution in [2.24, 2.45) is 5.92 Å². The smallest absolute Gasteiger partial charge is 0.406 e. The van der Waals surface area contributed by atoms with E-state index < -0.39 is 29.8 Å². The SMILES string of the molecule is CO[C@H](C(=O)Cc1nnc(CC2CCC(c3cc(C(C)=O)cnn3)CC2)s1)c1cc(OC(F)(F)F)ccc1F. The van der Waals surface area contributed by atoms with E-state index in [4.69, 9.17) is 4.74 Å². The number of hydrogen-bond acceptors (Lipinski definition) is 9. The summed E-state index contributed by atoms with van der Waals surface area (Å²) in [6.45, 7) is 1.50. The Balaban J connectivity index is 1.34. The van der Waals surface area contributed by atoms with Crippen LogP contribution >= 0.6 is 11.3 Å². The van der Waals surface area contributed by atoms with Gasteiger partial charge in [0.1, 0.15) is 27.7 Å². The molecule has 0 amide bonds. The maximum absolute atomic E-state index is 14.4. The van der Waals surface area contributed by atoms with Crippen molar-refractivity contribution in [1.82, 2.24) is 20.4 Å². The summed E-state index contributed by atoms with van der Waals surface area (Å²) in [4.78, 5) is 24.5. The Kier molecular flexibility index (Phi) is 9.01. The van der Waals surface area contributed by atoms with Gasteiger partial charge in [-0.2, -0.15) is 10.2 Å². The van der Waals surface area contributed by atoms with Crippen LogP contribution < -0.4 is 4.74 Å². The second kappa shape index (κ2) is 12.2. The van der Waals surface area contributed by atoms with Crippen LogP contribution in [-0.2, 0) is 22.4 Å². The van der Waals surface area contributed by atoms with Crippen LogP contribution in [0.25, 0.3) is 0 Å². The molecule has 0 radical (unpaired) electrons. The van der Waals surface area contributed by atoms with E-state index in [0.717, 1.165) is 54.6 Å². The Labute approximate surface area is 225 Å². The first-order valence-electron chi connectivity index (χ1n) is 12.3. The highest BCUT2D eigenvalue weighted by Crippen LogP contribution is 2.37. The summed E-state index contributed by atoms with van der Waals surface area (Å²) >= 11 is 1.27. The Bertz CT molecular complexity index is 1330. The minimum Gasteiger partial charge on any atom is -0.406 e. The van der Waals surface area contributed by atoms with Crippen molar-refractivity contribution in [3.05, 3.63) is 63.1 Å². The van der Waals surface area contributed by atoms with Crippen molar-refractivity contribution < 1.29 is 36.6 Å². The lowest BCUT2D eigenvalue weighted by molar-refractivity contribution is -0.274. The molecule has 1 aliphatic carbocycles. The summed E-state index contributed by atoms with van der Waals surface area (Å²) in [5.41, 5.74) is 1.03. The molecule has 1 aliphatic rings. The van der Waals surface area contributed by atoms with Gasteiger partial charge in [-0.1, -0.05) is 0 Å². The van der Waals surface area contributed by atoms with Crippen molar-refractivity contribution in [3.8, 4) is 5.75 Å². The van der Waals surface area contributed by atoms with Gasteiger partial charge in [0, 0.05) is 30.6 Å². The largest absolute Gasteiger partial charge is 0.573 e. The molecular formula is C26H26F4N4O4S. The minimum absolute atomic E-state index is 0.0451. The zero-order valence-corrected chi connectivity index (χ0v) is 22.0. The third kappa shape index (κ3) is 7.63. The van der Waals surface area contributed by atoms with E-state index in [2.05, 4.69) is 25.1 Å². The molecule has 0 saturated heterocycles. The van der Waals surface area contributed by atoms with Gasteiger partial charge < -0.3 is 9.47 Å². The first-order valence-corrected chi connectivity index (χ1v) is 13.1. The maximum Gasteiger partial charge on any atom is 0.573 e. The van der Waals surface area contributed by atoms with Gasteiger partial charge in [-0.15, -0.1) is 34.7 Å². The minimum atomic E-state index is -4.96. The number of alkyl halides is 3. The van der Waals surface area contributed by atoms with Gasteiger partial charge in [-0.3, -0.25) is 9.59 Å². The van der Waals surface area contributed by atoms with Gasteiger partial charge >= 0.3 is 6.36 Å². The van der Waals surface area contributed by atoms with Gasteiger partial charge in [0.25, 0.3) is 0 Å². The Morgan fingerprint density at radius 2 is 1.79 bits per heavy atom. The molecule has 2 heterocycles. The molecule has 13 heteroatoms. The van der Waals surface area contributed by atoms with Crippen molar-refractivity contribution >= 4 is 22.9 Å². The summed E-state index contributed by atoms with van der Waals surface area (Å²) in [6, 6.07) is 4.23. The Hall–Kier alpha value is -3.32. The van der Waals surface area contributed by atoms with Gasteiger partial charge in [0.15, 0.2) is 11.6 Å². The Morgan fingerprint density at radius 1 is 1.08 bits per heavy atom. The highest BCUT2D eigenvalue weighted by molar-refractivity contribution is 7.11. The second-order valence-electron chi connectivity index (χ2n) is 9.43. The van der Waals surface area contributed by atoms with Crippen LogP contribution in [0.4, 0.5) is 17.6 Å². The topological polar surface area (TPSA) is 104 Å². The van der Waals surface area contributed by atoms with E-state index in [9.17, 15) is 27.2 Å². The molecule has 2 aromatic heterocycles. The van der Waals surface area contributed by atoms with Crippen LogP contribution in [0, 0.1) is 11.7 Å². The molecule has 1 aromatic carbocycles. The fraction of sp³-hybridized carbons (Fsp3) is 0.462. The molecule has 1 fully saturated rings. The molecule has 0 aliphatic heterocycles. The highest BCUT2D eigenvalue weighted by atomic mass is 32.1. The Morgan fingerprint density at radius 3 is 2.46 bits per heavy atom. The second-order valence-corrected chi connectivity index (χ2v) is 10.6. The van der Waals surface area contributed by atoms with Crippen LogP contribution in [0.1, 0.15) is 76.3 Å². The van der Waals surface area contributed by atoms with Crippen molar-refractivity contribution in [1.29, 1.82) is 0 Å². The van der Waals surface area contributed by atoms with Crippen LogP contribution in [0.3, 0.4) is 0 Å². The number of halogens is 4. The average Bonchev–Trinajstić information content (AvgIpc) is 3.32. The molecule has 0 N–H and O–H groups in total. The number of methoxy groups -OCH3 is 1. The number of ether oxygens (including phenoxy) is 2. The molecule has 0 bridgehead atoms. The highest BCUT2D eigenvalue weighted by Gasteiger charge is 2.33. The monoisotopic (exact) mass is 566 g/mol. The first-order chi connectivity index (χ1) is 18.5. The van der Waals surface area contributed by atoms with Crippen LogP contribution in [-0.4, -0.2) is 45.4 Å². The zero-order valence-electron chi connectivity index (χ0n) is 21.2. The van der Waals surface area contributed by atoms with Gasteiger partial charge in [0.05, 0.1) is 18.3 Å². The fourth-order valence-corrected chi connectivity index (χ4v) is 5.69. The van der Waals surface area contributed by atoms with E-state index in [1.165, 1.54) is 31.6 Å². The average molecular weight is 567 g/mol. The van der Waals surface area contributed by atoms with Crippen molar-refractivity contribution in [3.63, 3.8) is 0 Å². The molecule has 0 spiro atoms. The molecule has 0 unspecified atom stereocenters. The zero-order chi connectivity index (χ0) is 28.2. The predicted molar refractivity (Wildman–Crippen MR) is 132 cm³/mol. The summed E-state index contributed by atoms with van der Waals surface area (Å²) in [6.07, 6.45) is -0.758. The first kappa shape index (κ1) is 28.7. The number of aromatic nitrogens is 4. The lowest BCUT2D eigenvalue weighted by Crippen LogP contribution is -2.20. The van der Waals surface area contributed by atoms with E-state index >= 15 is 0 Å². The summed E-state index contributed by atoms with van der Waals surface area (Å²) < 4.78 is 61.0. The number of Topliss-reactive ketones (excluding diaryl/α,β-unsaturated/α-hetero) is 2. The molecule has 8 nitrogen and oxygen atoms in total. The normalized spacial score (nSPS) is 18.5. The number of ketones is 2. The number of carbonyl (C=O) groups is 2. The number of carbonyl (C=O) groups excluding carboxylic acids is 2. The standard InChI is InChI=1S/C26H26F4N4O4S/c1-14(35)17-10-21(32-31-13-17)16-5-3-15(4-6-16)9-23-33-34-24(39-23)12-22(36)25(37-2)19-11-18(7-8-20(19)27)38-26(28,29)30/h7-8,10-11,13,15-16,25H,3-6,9,12H2,1-2H3/t15?,16?,25-/m0/s1. The number of benzene rings is 1. The van der Waals surface area contributed by atoms with E-state index in [1.807, 2.05) is 6.07 Å². The van der Waals surface area contributed by atoms with E-state index in [-0.39, 0.29) is 23.7 Å². The van der Waals surface area contributed by atoms with Gasteiger partial charge in [-0.25, -0.2) is 4.39 Å². The van der Waals surface area contributed by atoms with Gasteiger partial charge in [0.2, 0.25) is 0 Å². The lowest BCUT2D eigenvalue weighted by atomic mass is 9.79. The fourth-order valence-electron chi connectivity index (χ4n) is 4.72. The quantitative estimate of drug-likeness (QED) is 0.231. The van der Waals surface area contributed by atoms with Crippen LogP contribution in [0.2, 0.25) is 0 Å². The van der Waals surface area contributed by atoms with Crippen molar-refractivity contribution in [2.45, 2.75) is 63.8 Å². The van der Waals surface area contributed by atoms with Gasteiger partial charge in [-0.05, 0) is 62.8 Å². The third-order valence-electron chi connectivity index (χ3n) is 6.65. The van der Waals surface area contributed by atoms with Crippen molar-refractivity contribution in [2.75, 3.05) is 7.11 Å². The predicted octanol–water partition coefficient (Wildman–Crippen LogP) is 5.58. The summed E-state index contributed by atoms with van der Waals surface area (Å²) in [7, 11) is 1.17. The molecular weight excluding hydrogens is 540 g/mol. The molecule has 1 saturated carbocycles. The molecule has 4 rings (SSSR count). The van der Waals surface area contributed by atoms with Crippen LogP contribution in [0.15, 0.2) is 30.5 Å².